The summed E-state index contributed by atoms with van der Waals surface area (Å²) in [5, 5.41) is 7.94. The normalized spacial score (nSPS) is 12.2. The predicted molar refractivity (Wildman–Crippen MR) is 85.4 cm³/mol. The van der Waals surface area contributed by atoms with Crippen molar-refractivity contribution in [2.45, 2.75) is 26.8 Å². The molecule has 4 nitrogen and oxygen atoms in total. The Hall–Kier alpha value is -1.59. The van der Waals surface area contributed by atoms with E-state index in [1.54, 1.807) is 12.1 Å². The summed E-state index contributed by atoms with van der Waals surface area (Å²) < 4.78 is 5.19. The van der Waals surface area contributed by atoms with Crippen LogP contribution in [0.3, 0.4) is 0 Å². The minimum Gasteiger partial charge on any atom is -0.389 e. The minimum atomic E-state index is 0.0236. The van der Waals surface area contributed by atoms with Crippen LogP contribution in [-0.2, 0) is 0 Å². The Morgan fingerprint density at radius 1 is 1.45 bits per heavy atom. The van der Waals surface area contributed by atoms with E-state index >= 15 is 0 Å². The molecule has 0 aliphatic heterocycles. The van der Waals surface area contributed by atoms with Gasteiger partial charge in [-0.15, -0.1) is 0 Å². The molecule has 6 heteroatoms. The fourth-order valence-corrected chi connectivity index (χ4v) is 2.60. The molecule has 3 N–H and O–H groups in total. The highest BCUT2D eigenvalue weighted by Crippen LogP contribution is 2.28. The Balaban J connectivity index is 2.33. The lowest BCUT2D eigenvalue weighted by Crippen LogP contribution is -2.15. The van der Waals surface area contributed by atoms with Crippen LogP contribution in [0.5, 0.6) is 0 Å². The number of halogens is 1. The molecular formula is C14H16ClN3OS. The fraction of sp³-hybridized carbons (Fsp3) is 0.286. The molecule has 0 aliphatic rings. The maximum absolute atomic E-state index is 5.98. The number of aromatic nitrogens is 1. The van der Waals surface area contributed by atoms with Crippen molar-refractivity contribution in [2.24, 2.45) is 5.73 Å². The van der Waals surface area contributed by atoms with Crippen molar-refractivity contribution in [3.8, 4) is 0 Å². The van der Waals surface area contributed by atoms with E-state index in [0.29, 0.717) is 10.0 Å². The molecule has 106 valence electrons. The Morgan fingerprint density at radius 2 is 2.15 bits per heavy atom. The molecule has 0 saturated carbocycles. The third-order valence-corrected chi connectivity index (χ3v) is 3.60. The molecule has 1 aromatic heterocycles. The zero-order chi connectivity index (χ0) is 14.9. The monoisotopic (exact) mass is 309 g/mol. The van der Waals surface area contributed by atoms with Gasteiger partial charge in [0.05, 0.1) is 11.7 Å². The molecule has 1 unspecified atom stereocenters. The highest BCUT2D eigenvalue weighted by Gasteiger charge is 2.17. The van der Waals surface area contributed by atoms with E-state index in [2.05, 4.69) is 10.5 Å². The van der Waals surface area contributed by atoms with Gasteiger partial charge in [-0.3, -0.25) is 0 Å². The lowest BCUT2D eigenvalue weighted by Gasteiger charge is -2.18. The summed E-state index contributed by atoms with van der Waals surface area (Å²) in [5.74, 6) is 0.799. The summed E-state index contributed by atoms with van der Waals surface area (Å²) >= 11 is 11.0. The van der Waals surface area contributed by atoms with Crippen molar-refractivity contribution in [1.29, 1.82) is 0 Å². The van der Waals surface area contributed by atoms with Crippen molar-refractivity contribution in [3.05, 3.63) is 45.8 Å². The summed E-state index contributed by atoms with van der Waals surface area (Å²) in [6, 6.07) is 5.44. The summed E-state index contributed by atoms with van der Waals surface area (Å²) in [5.41, 5.74) is 9.21. The molecule has 0 aliphatic carbocycles. The third-order valence-electron chi connectivity index (χ3n) is 3.14. The van der Waals surface area contributed by atoms with E-state index < -0.39 is 0 Å². The van der Waals surface area contributed by atoms with E-state index in [4.69, 9.17) is 34.1 Å². The first-order chi connectivity index (χ1) is 9.40. The van der Waals surface area contributed by atoms with Crippen molar-refractivity contribution < 1.29 is 4.52 Å². The average molecular weight is 310 g/mol. The van der Waals surface area contributed by atoms with Crippen LogP contribution in [0.4, 0.5) is 5.69 Å². The number of benzene rings is 1. The average Bonchev–Trinajstić information content (AvgIpc) is 2.71. The molecule has 1 heterocycles. The first-order valence-electron chi connectivity index (χ1n) is 6.18. The number of hydrogen-bond donors (Lipinski definition) is 2. The topological polar surface area (TPSA) is 64.1 Å². The van der Waals surface area contributed by atoms with Crippen LogP contribution in [0.15, 0.2) is 22.7 Å². The smallest absolute Gasteiger partial charge is 0.139 e. The van der Waals surface area contributed by atoms with Gasteiger partial charge in [0, 0.05) is 21.8 Å². The van der Waals surface area contributed by atoms with Crippen LogP contribution in [0.1, 0.15) is 35.5 Å². The van der Waals surface area contributed by atoms with Gasteiger partial charge in [0.1, 0.15) is 10.7 Å². The largest absolute Gasteiger partial charge is 0.389 e. The minimum absolute atomic E-state index is 0.0236. The summed E-state index contributed by atoms with van der Waals surface area (Å²) in [6.45, 7) is 5.84. The number of hydrogen-bond acceptors (Lipinski definition) is 4. The zero-order valence-corrected chi connectivity index (χ0v) is 13.1. The van der Waals surface area contributed by atoms with Crippen molar-refractivity contribution in [2.75, 3.05) is 5.32 Å². The summed E-state index contributed by atoms with van der Waals surface area (Å²) in [4.78, 5) is 0.306. The zero-order valence-electron chi connectivity index (χ0n) is 11.5. The van der Waals surface area contributed by atoms with E-state index in [1.165, 1.54) is 0 Å². The van der Waals surface area contributed by atoms with Gasteiger partial charge in [-0.05, 0) is 39.0 Å². The van der Waals surface area contributed by atoms with E-state index in [9.17, 15) is 0 Å². The number of nitrogens with two attached hydrogens (primary N) is 1. The SMILES string of the molecule is Cc1noc(C)c1C(C)Nc1ccc(Cl)cc1C(N)=S. The maximum Gasteiger partial charge on any atom is 0.139 e. The molecule has 0 radical (unpaired) electrons. The van der Waals surface area contributed by atoms with E-state index in [0.717, 1.165) is 28.3 Å². The van der Waals surface area contributed by atoms with E-state index in [1.807, 2.05) is 26.8 Å². The van der Waals surface area contributed by atoms with Gasteiger partial charge in [0.15, 0.2) is 0 Å². The Kier molecular flexibility index (Phi) is 4.30. The Morgan fingerprint density at radius 3 is 2.70 bits per heavy atom. The first-order valence-corrected chi connectivity index (χ1v) is 6.97. The van der Waals surface area contributed by atoms with Crippen LogP contribution >= 0.6 is 23.8 Å². The van der Waals surface area contributed by atoms with E-state index in [-0.39, 0.29) is 6.04 Å². The Bertz CT molecular complexity index is 634. The van der Waals surface area contributed by atoms with Crippen LogP contribution in [0.2, 0.25) is 5.02 Å². The second-order valence-electron chi connectivity index (χ2n) is 4.66. The van der Waals surface area contributed by atoms with Gasteiger partial charge in [0.2, 0.25) is 0 Å². The van der Waals surface area contributed by atoms with Crippen LogP contribution in [0.25, 0.3) is 0 Å². The summed E-state index contributed by atoms with van der Waals surface area (Å²) in [6.07, 6.45) is 0. The van der Waals surface area contributed by atoms with Crippen molar-refractivity contribution in [1.82, 2.24) is 5.16 Å². The first kappa shape index (κ1) is 14.8. The van der Waals surface area contributed by atoms with Gasteiger partial charge in [0.25, 0.3) is 0 Å². The second-order valence-corrected chi connectivity index (χ2v) is 5.53. The molecule has 1 aromatic carbocycles. The molecule has 2 rings (SSSR count). The molecule has 20 heavy (non-hydrogen) atoms. The van der Waals surface area contributed by atoms with Crippen LogP contribution < -0.4 is 11.1 Å². The van der Waals surface area contributed by atoms with Gasteiger partial charge in [-0.25, -0.2) is 0 Å². The lowest BCUT2D eigenvalue weighted by atomic mass is 10.1. The molecule has 1 atom stereocenters. The van der Waals surface area contributed by atoms with Crippen molar-refractivity contribution >= 4 is 34.5 Å². The molecule has 2 aromatic rings. The molecule has 0 amide bonds. The number of thiocarbonyl (C=S) groups is 1. The third kappa shape index (κ3) is 2.94. The highest BCUT2D eigenvalue weighted by molar-refractivity contribution is 7.80. The van der Waals surface area contributed by atoms with Crippen molar-refractivity contribution in [3.63, 3.8) is 0 Å². The molecule has 0 bridgehead atoms. The summed E-state index contributed by atoms with van der Waals surface area (Å²) in [7, 11) is 0. The number of nitrogens with one attached hydrogen (secondary N) is 1. The molecular weight excluding hydrogens is 294 g/mol. The molecule has 0 spiro atoms. The number of anilines is 1. The maximum atomic E-state index is 5.98. The second kappa shape index (κ2) is 5.81. The van der Waals surface area contributed by atoms with Gasteiger partial charge in [-0.2, -0.15) is 0 Å². The number of nitrogens with zero attached hydrogens (tertiary/aromatic N) is 1. The fourth-order valence-electron chi connectivity index (χ4n) is 2.26. The predicted octanol–water partition coefficient (Wildman–Crippen LogP) is 3.75. The van der Waals surface area contributed by atoms with Crippen LogP contribution in [-0.4, -0.2) is 10.1 Å². The van der Waals surface area contributed by atoms with Gasteiger partial charge < -0.3 is 15.6 Å². The number of rotatable bonds is 4. The van der Waals surface area contributed by atoms with Gasteiger partial charge in [-0.1, -0.05) is 29.0 Å². The molecule has 0 fully saturated rings. The Labute approximate surface area is 128 Å². The molecule has 0 saturated heterocycles. The quantitative estimate of drug-likeness (QED) is 0.842. The highest BCUT2D eigenvalue weighted by atomic mass is 35.5. The lowest BCUT2D eigenvalue weighted by molar-refractivity contribution is 0.392. The van der Waals surface area contributed by atoms with Gasteiger partial charge >= 0.3 is 0 Å². The number of aryl methyl sites for hydroxylation is 2. The van der Waals surface area contributed by atoms with Crippen LogP contribution in [0, 0.1) is 13.8 Å². The standard InChI is InChI=1S/C14H16ClN3OS/c1-7(13-8(2)18-19-9(13)3)17-12-5-4-10(15)6-11(12)14(16)20/h4-7,17H,1-3H3,(H2,16,20).